The van der Waals surface area contributed by atoms with Crippen molar-refractivity contribution in [3.63, 3.8) is 0 Å². The average Bonchev–Trinajstić information content (AvgIpc) is 2.81. The SMILES string of the molecule is CN(CCCl)c1ccc(/C=C/C2=[N+](C)c3ccccc3C2(C)C)cc1.Cl. The van der Waals surface area contributed by atoms with Crippen LogP contribution in [0, 0.1) is 0 Å². The van der Waals surface area contributed by atoms with Gasteiger partial charge >= 0.3 is 0 Å². The van der Waals surface area contributed by atoms with Gasteiger partial charge in [0, 0.05) is 42.9 Å². The molecule has 0 unspecified atom stereocenters. The van der Waals surface area contributed by atoms with Gasteiger partial charge in [0.1, 0.15) is 7.05 Å². The van der Waals surface area contributed by atoms with Crippen molar-refractivity contribution in [1.82, 2.24) is 0 Å². The Morgan fingerprint density at radius 3 is 2.31 bits per heavy atom. The van der Waals surface area contributed by atoms with Crippen molar-refractivity contribution < 1.29 is 4.58 Å². The highest BCUT2D eigenvalue weighted by Crippen LogP contribution is 2.39. The minimum atomic E-state index is 0. The molecule has 1 aliphatic heterocycles. The fraction of sp³-hybridized carbons (Fsp3) is 0.318. The highest BCUT2D eigenvalue weighted by atomic mass is 35.5. The molecule has 1 aliphatic rings. The summed E-state index contributed by atoms with van der Waals surface area (Å²) in [4.78, 5) is 2.17. The zero-order valence-corrected chi connectivity index (χ0v) is 17.4. The van der Waals surface area contributed by atoms with Crippen LogP contribution < -0.4 is 4.90 Å². The van der Waals surface area contributed by atoms with E-state index in [1.807, 2.05) is 0 Å². The number of benzene rings is 2. The number of alkyl halides is 1. The van der Waals surface area contributed by atoms with Crippen LogP contribution in [0.25, 0.3) is 6.08 Å². The van der Waals surface area contributed by atoms with Crippen molar-refractivity contribution in [1.29, 1.82) is 0 Å². The van der Waals surface area contributed by atoms with Crippen molar-refractivity contribution in [3.05, 3.63) is 65.7 Å². The summed E-state index contributed by atoms with van der Waals surface area (Å²) < 4.78 is 2.30. The summed E-state index contributed by atoms with van der Waals surface area (Å²) in [5.41, 5.74) is 6.41. The van der Waals surface area contributed by atoms with E-state index in [0.29, 0.717) is 5.88 Å². The lowest BCUT2D eigenvalue weighted by molar-refractivity contribution is -0.401. The quantitative estimate of drug-likeness (QED) is 0.483. The molecule has 2 aromatic rings. The summed E-state index contributed by atoms with van der Waals surface area (Å²) in [7, 11) is 4.22. The molecule has 0 bridgehead atoms. The summed E-state index contributed by atoms with van der Waals surface area (Å²) >= 11 is 5.82. The Bertz CT molecular complexity index is 820. The Balaban J connectivity index is 0.00000243. The largest absolute Gasteiger partial charge is 0.373 e. The molecule has 0 aromatic heterocycles. The predicted molar refractivity (Wildman–Crippen MR) is 117 cm³/mol. The first-order valence-corrected chi connectivity index (χ1v) is 9.24. The van der Waals surface area contributed by atoms with E-state index in [9.17, 15) is 0 Å². The molecule has 0 radical (unpaired) electrons. The third kappa shape index (κ3) is 3.82. The Labute approximate surface area is 168 Å². The van der Waals surface area contributed by atoms with E-state index in [-0.39, 0.29) is 17.8 Å². The van der Waals surface area contributed by atoms with Crippen molar-refractivity contribution in [2.75, 3.05) is 31.4 Å². The lowest BCUT2D eigenvalue weighted by Gasteiger charge is -2.17. The molecule has 138 valence electrons. The Hall–Kier alpha value is -1.77. The van der Waals surface area contributed by atoms with Crippen molar-refractivity contribution in [2.45, 2.75) is 19.3 Å². The zero-order valence-electron chi connectivity index (χ0n) is 15.9. The van der Waals surface area contributed by atoms with Crippen LogP contribution >= 0.6 is 24.0 Å². The normalized spacial score (nSPS) is 15.1. The molecule has 0 aliphatic carbocycles. The van der Waals surface area contributed by atoms with E-state index in [2.05, 4.69) is 98.1 Å². The number of hydrogen-bond acceptors (Lipinski definition) is 1. The zero-order chi connectivity index (χ0) is 18.0. The molecular weight excluding hydrogens is 363 g/mol. The summed E-state index contributed by atoms with van der Waals surface area (Å²) in [5.74, 6) is 0.637. The van der Waals surface area contributed by atoms with Gasteiger partial charge in [-0.1, -0.05) is 30.3 Å². The van der Waals surface area contributed by atoms with Crippen molar-refractivity contribution in [2.24, 2.45) is 0 Å². The second-order valence-corrected chi connectivity index (χ2v) is 7.50. The topological polar surface area (TPSA) is 6.25 Å². The van der Waals surface area contributed by atoms with E-state index in [1.54, 1.807) is 0 Å². The fourth-order valence-corrected chi connectivity index (χ4v) is 3.83. The number of anilines is 1. The summed E-state index contributed by atoms with van der Waals surface area (Å²) in [6.07, 6.45) is 4.45. The van der Waals surface area contributed by atoms with Crippen LogP contribution in [0.5, 0.6) is 0 Å². The third-order valence-corrected chi connectivity index (χ3v) is 5.30. The number of allylic oxidation sites excluding steroid dienone is 1. The third-order valence-electron chi connectivity index (χ3n) is 5.13. The molecule has 0 atom stereocenters. The van der Waals surface area contributed by atoms with Crippen LogP contribution in [-0.2, 0) is 5.41 Å². The van der Waals surface area contributed by atoms with Crippen LogP contribution in [0.2, 0.25) is 0 Å². The number of para-hydroxylation sites is 1. The van der Waals surface area contributed by atoms with Gasteiger partial charge in [0.25, 0.3) is 0 Å². The predicted octanol–water partition coefficient (Wildman–Crippen LogP) is 5.50. The lowest BCUT2D eigenvalue weighted by atomic mass is 9.81. The van der Waals surface area contributed by atoms with Crippen molar-refractivity contribution >= 4 is 47.2 Å². The van der Waals surface area contributed by atoms with E-state index >= 15 is 0 Å². The Kier molecular flexibility index (Phi) is 6.54. The van der Waals surface area contributed by atoms with Gasteiger partial charge in [0.15, 0.2) is 5.71 Å². The van der Waals surface area contributed by atoms with Crippen LogP contribution in [0.3, 0.4) is 0 Å². The molecule has 0 fully saturated rings. The maximum atomic E-state index is 5.82. The van der Waals surface area contributed by atoms with Crippen LogP contribution in [-0.4, -0.2) is 36.8 Å². The second kappa shape index (κ2) is 8.28. The van der Waals surface area contributed by atoms with Gasteiger partial charge in [-0.3, -0.25) is 0 Å². The molecule has 26 heavy (non-hydrogen) atoms. The first kappa shape index (κ1) is 20.5. The van der Waals surface area contributed by atoms with E-state index in [0.717, 1.165) is 6.54 Å². The number of fused-ring (bicyclic) bond motifs is 1. The molecule has 3 rings (SSSR count). The van der Waals surface area contributed by atoms with E-state index < -0.39 is 0 Å². The average molecular weight is 390 g/mol. The van der Waals surface area contributed by atoms with Gasteiger partial charge < -0.3 is 4.90 Å². The maximum Gasteiger partial charge on any atom is 0.209 e. The molecule has 0 spiro atoms. The molecule has 2 aromatic carbocycles. The Morgan fingerprint density at radius 2 is 1.69 bits per heavy atom. The number of rotatable bonds is 5. The molecule has 2 nitrogen and oxygen atoms in total. The maximum absolute atomic E-state index is 5.82. The van der Waals surface area contributed by atoms with Crippen LogP contribution in [0.15, 0.2) is 54.6 Å². The number of nitrogens with zero attached hydrogens (tertiary/aromatic N) is 2. The molecule has 0 saturated heterocycles. The van der Waals surface area contributed by atoms with Gasteiger partial charge in [0.2, 0.25) is 5.69 Å². The second-order valence-electron chi connectivity index (χ2n) is 7.12. The molecule has 0 N–H and O–H groups in total. The number of halogens is 2. The first-order valence-electron chi connectivity index (χ1n) is 8.71. The highest BCUT2D eigenvalue weighted by Gasteiger charge is 2.42. The fourth-order valence-electron chi connectivity index (χ4n) is 3.57. The summed E-state index contributed by atoms with van der Waals surface area (Å²) in [6.45, 7) is 5.43. The molecule has 1 heterocycles. The standard InChI is InChI=1S/C22H26ClN2.ClH/c1-22(2)19-7-5-6-8-20(19)25(4)21(22)14-11-17-9-12-18(13-10-17)24(3)16-15-23;/h5-14H,15-16H2,1-4H3;1H/q+1;. The molecule has 0 amide bonds. The summed E-state index contributed by atoms with van der Waals surface area (Å²) in [5, 5.41) is 0. The van der Waals surface area contributed by atoms with Gasteiger partial charge in [-0.2, -0.15) is 4.58 Å². The van der Waals surface area contributed by atoms with Crippen molar-refractivity contribution in [3.8, 4) is 0 Å². The molecule has 4 heteroatoms. The molecular formula is C22H27Cl2N2+. The van der Waals surface area contributed by atoms with E-state index in [1.165, 1.54) is 28.2 Å². The van der Waals surface area contributed by atoms with Gasteiger partial charge in [-0.25, -0.2) is 0 Å². The number of hydrogen-bond donors (Lipinski definition) is 0. The minimum Gasteiger partial charge on any atom is -0.373 e. The minimum absolute atomic E-state index is 0. The smallest absolute Gasteiger partial charge is 0.209 e. The monoisotopic (exact) mass is 389 g/mol. The van der Waals surface area contributed by atoms with Gasteiger partial charge in [0.05, 0.1) is 5.41 Å². The lowest BCUT2D eigenvalue weighted by Crippen LogP contribution is -2.26. The van der Waals surface area contributed by atoms with Crippen LogP contribution in [0.4, 0.5) is 11.4 Å². The van der Waals surface area contributed by atoms with Crippen LogP contribution in [0.1, 0.15) is 25.0 Å². The highest BCUT2D eigenvalue weighted by molar-refractivity contribution is 6.18. The first-order chi connectivity index (χ1) is 11.9. The van der Waals surface area contributed by atoms with E-state index in [4.69, 9.17) is 11.6 Å². The van der Waals surface area contributed by atoms with Gasteiger partial charge in [-0.05, 0) is 37.6 Å². The summed E-state index contributed by atoms with van der Waals surface area (Å²) in [6, 6.07) is 17.3. The van der Waals surface area contributed by atoms with Gasteiger partial charge in [-0.15, -0.1) is 24.0 Å². The Morgan fingerprint density at radius 1 is 1.04 bits per heavy atom. The molecule has 0 saturated carbocycles.